The van der Waals surface area contributed by atoms with Gasteiger partial charge in [-0.3, -0.25) is 0 Å². The van der Waals surface area contributed by atoms with Crippen LogP contribution in [0.25, 0.3) is 44.3 Å². The molecule has 4 nitrogen and oxygen atoms in total. The number of para-hydroxylation sites is 1. The second kappa shape index (κ2) is 10.7. The number of nitrogens with one attached hydrogen (secondary N) is 1. The van der Waals surface area contributed by atoms with Crippen molar-refractivity contribution in [2.75, 3.05) is 0 Å². The minimum Gasteiger partial charge on any atom is -0.359 e. The largest absolute Gasteiger partial charge is 0.359 e. The Morgan fingerprint density at radius 1 is 0.667 bits per heavy atom. The summed E-state index contributed by atoms with van der Waals surface area (Å²) >= 11 is 0. The highest BCUT2D eigenvalue weighted by Gasteiger charge is 2.36. The summed E-state index contributed by atoms with van der Waals surface area (Å²) in [5.41, 5.74) is 13.3. The van der Waals surface area contributed by atoms with Crippen molar-refractivity contribution >= 4 is 33.3 Å². The molecule has 7 aromatic rings. The van der Waals surface area contributed by atoms with Gasteiger partial charge in [-0.1, -0.05) is 111 Å². The van der Waals surface area contributed by atoms with Crippen LogP contribution in [-0.4, -0.2) is 10.4 Å². The minimum absolute atomic E-state index is 0.0952. The Kier molecular flexibility index (Phi) is 6.25. The fraction of sp³-hybridized carbons (Fsp3) is 0.0909. The van der Waals surface area contributed by atoms with Crippen molar-refractivity contribution < 1.29 is 0 Å². The third-order valence-corrected chi connectivity index (χ3v) is 10.0. The highest BCUT2D eigenvalue weighted by Crippen LogP contribution is 2.51. The number of amidine groups is 1. The number of rotatable bonds is 4. The summed E-state index contributed by atoms with van der Waals surface area (Å²) in [7, 11) is 0. The van der Waals surface area contributed by atoms with Gasteiger partial charge in [0.15, 0.2) is 0 Å². The monoisotopic (exact) mass is 616 g/mol. The molecule has 0 saturated heterocycles. The number of nitriles is 1. The van der Waals surface area contributed by atoms with Crippen LogP contribution in [0.1, 0.15) is 53.3 Å². The van der Waals surface area contributed by atoms with Gasteiger partial charge in [-0.2, -0.15) is 5.26 Å². The van der Waals surface area contributed by atoms with Crippen molar-refractivity contribution in [3.05, 3.63) is 179 Å². The van der Waals surface area contributed by atoms with Crippen molar-refractivity contribution in [2.45, 2.75) is 25.3 Å². The summed E-state index contributed by atoms with van der Waals surface area (Å²) in [5.74, 6) is 0.795. The lowest BCUT2D eigenvalue weighted by Crippen LogP contribution is -2.31. The fourth-order valence-electron chi connectivity index (χ4n) is 7.67. The normalized spacial score (nSPS) is 16.1. The van der Waals surface area contributed by atoms with E-state index in [1.54, 1.807) is 0 Å². The first kappa shape index (κ1) is 28.1. The average Bonchev–Trinajstić information content (AvgIpc) is 3.59. The Balaban J connectivity index is 1.21. The molecule has 228 valence electrons. The van der Waals surface area contributed by atoms with Gasteiger partial charge in [0.2, 0.25) is 0 Å². The van der Waals surface area contributed by atoms with Gasteiger partial charge in [0.05, 0.1) is 34.4 Å². The first-order valence-corrected chi connectivity index (χ1v) is 16.4. The van der Waals surface area contributed by atoms with Gasteiger partial charge in [0.25, 0.3) is 0 Å². The van der Waals surface area contributed by atoms with E-state index in [1.165, 1.54) is 44.1 Å². The molecule has 2 heterocycles. The second-order valence-corrected chi connectivity index (χ2v) is 13.2. The van der Waals surface area contributed by atoms with Gasteiger partial charge in [-0.05, 0) is 81.9 Å². The molecule has 0 bridgehead atoms. The van der Waals surface area contributed by atoms with Crippen LogP contribution in [0.3, 0.4) is 0 Å². The minimum atomic E-state index is -0.149. The molecule has 0 fully saturated rings. The van der Waals surface area contributed by atoms with Crippen molar-refractivity contribution in [2.24, 2.45) is 4.99 Å². The average molecular weight is 617 g/mol. The zero-order valence-electron chi connectivity index (χ0n) is 26.8. The molecule has 1 aliphatic carbocycles. The number of fused-ring (bicyclic) bond motifs is 6. The number of aliphatic imine (C=N–C) groups is 1. The Labute approximate surface area is 279 Å². The smallest absolute Gasteiger partial charge is 0.134 e. The summed E-state index contributed by atoms with van der Waals surface area (Å²) < 4.78 is 2.40. The van der Waals surface area contributed by atoms with Gasteiger partial charge in [0, 0.05) is 27.4 Å². The van der Waals surface area contributed by atoms with Crippen molar-refractivity contribution in [3.63, 3.8) is 0 Å². The fourth-order valence-corrected chi connectivity index (χ4v) is 7.67. The summed E-state index contributed by atoms with van der Waals surface area (Å²) in [6.45, 7) is 4.68. The van der Waals surface area contributed by atoms with Crippen LogP contribution >= 0.6 is 0 Å². The highest BCUT2D eigenvalue weighted by molar-refractivity contribution is 6.12. The Morgan fingerprint density at radius 3 is 2.31 bits per heavy atom. The predicted octanol–water partition coefficient (Wildman–Crippen LogP) is 10.1. The van der Waals surface area contributed by atoms with Gasteiger partial charge in [-0.15, -0.1) is 0 Å². The number of nitrogens with zero attached hydrogens (tertiary/aromatic N) is 3. The molecule has 1 unspecified atom stereocenters. The summed E-state index contributed by atoms with van der Waals surface area (Å²) in [6.07, 6.45) is 2.15. The van der Waals surface area contributed by atoms with E-state index in [1.807, 2.05) is 36.4 Å². The molecule has 9 rings (SSSR count). The number of hydrogen-bond acceptors (Lipinski definition) is 3. The molecular weight excluding hydrogens is 585 g/mol. The Hall–Kier alpha value is -6.18. The van der Waals surface area contributed by atoms with Gasteiger partial charge in [-0.25, -0.2) is 4.99 Å². The van der Waals surface area contributed by atoms with Crippen LogP contribution in [0.5, 0.6) is 0 Å². The van der Waals surface area contributed by atoms with Crippen LogP contribution in [0.2, 0.25) is 0 Å². The molecule has 0 saturated carbocycles. The summed E-state index contributed by atoms with van der Waals surface area (Å²) in [6, 6.07) is 51.3. The highest BCUT2D eigenvalue weighted by atomic mass is 15.1. The number of benzene rings is 6. The van der Waals surface area contributed by atoms with Gasteiger partial charge in [0.1, 0.15) is 5.84 Å². The quantitative estimate of drug-likeness (QED) is 0.214. The van der Waals surface area contributed by atoms with Crippen molar-refractivity contribution in [1.29, 1.82) is 5.26 Å². The van der Waals surface area contributed by atoms with Crippen molar-refractivity contribution in [3.8, 4) is 22.9 Å². The molecule has 1 aliphatic heterocycles. The molecule has 48 heavy (non-hydrogen) atoms. The molecular formula is C44H32N4. The molecule has 1 aromatic heterocycles. The summed E-state index contributed by atoms with van der Waals surface area (Å²) in [4.78, 5) is 5.17. The SMILES string of the molecule is CC1(C)c2ccccc2-c2cc3c4ccccc4n(-c4cccc(C5=NC(c6ccccc6)=CC(c6cccc(C#N)c6)N5)c4)c3cc21. The van der Waals surface area contributed by atoms with Crippen molar-refractivity contribution in [1.82, 2.24) is 9.88 Å². The molecule has 6 aromatic carbocycles. The molecule has 0 radical (unpaired) electrons. The van der Waals surface area contributed by atoms with E-state index >= 15 is 0 Å². The van der Waals surface area contributed by atoms with E-state index in [0.29, 0.717) is 5.56 Å². The molecule has 0 amide bonds. The Bertz CT molecular complexity index is 2520. The third-order valence-electron chi connectivity index (χ3n) is 10.0. The third kappa shape index (κ3) is 4.32. The maximum Gasteiger partial charge on any atom is 0.134 e. The van der Waals surface area contributed by atoms with E-state index < -0.39 is 0 Å². The van der Waals surface area contributed by atoms with Crippen LogP contribution in [0.15, 0.2) is 151 Å². The molecule has 1 N–H and O–H groups in total. The first-order valence-electron chi connectivity index (χ1n) is 16.4. The topological polar surface area (TPSA) is 53.1 Å². The maximum absolute atomic E-state index is 9.61. The van der Waals surface area contributed by atoms with E-state index in [-0.39, 0.29) is 11.5 Å². The lowest BCUT2D eigenvalue weighted by atomic mass is 9.82. The van der Waals surface area contributed by atoms with Crippen LogP contribution in [-0.2, 0) is 5.41 Å². The number of hydrogen-bond donors (Lipinski definition) is 1. The molecule has 0 spiro atoms. The summed E-state index contributed by atoms with van der Waals surface area (Å²) in [5, 5.41) is 15.8. The van der Waals surface area contributed by atoms with Gasteiger partial charge < -0.3 is 9.88 Å². The zero-order chi connectivity index (χ0) is 32.4. The lowest BCUT2D eigenvalue weighted by molar-refractivity contribution is 0.661. The van der Waals surface area contributed by atoms with E-state index in [9.17, 15) is 5.26 Å². The van der Waals surface area contributed by atoms with Crippen LogP contribution < -0.4 is 5.32 Å². The number of aromatic nitrogens is 1. The molecule has 4 heteroatoms. The maximum atomic E-state index is 9.61. The predicted molar refractivity (Wildman–Crippen MR) is 196 cm³/mol. The lowest BCUT2D eigenvalue weighted by Gasteiger charge is -2.25. The van der Waals surface area contributed by atoms with E-state index in [4.69, 9.17) is 4.99 Å². The second-order valence-electron chi connectivity index (χ2n) is 13.2. The standard InChI is InChI=1S/C44H32N4/c1-44(2)37-20-8-6-18-33(37)35-24-36-34-19-7-9-21-41(34)48(42(36)25-38(35)44)32-17-11-16-31(23-32)43-46-39(29-13-4-3-5-14-29)26-40(47-43)30-15-10-12-28(22-30)27-45/h3-26,40H,1-2H3,(H,46,47). The van der Waals surface area contributed by atoms with Gasteiger partial charge >= 0.3 is 0 Å². The molecule has 1 atom stereocenters. The zero-order valence-corrected chi connectivity index (χ0v) is 26.8. The Morgan fingerprint density at radius 2 is 1.44 bits per heavy atom. The van der Waals surface area contributed by atoms with E-state index in [2.05, 4.69) is 139 Å². The van der Waals surface area contributed by atoms with Crippen LogP contribution in [0, 0.1) is 11.3 Å². The first-order chi connectivity index (χ1) is 23.5. The van der Waals surface area contributed by atoms with E-state index in [0.717, 1.165) is 33.9 Å². The van der Waals surface area contributed by atoms with Crippen LogP contribution in [0.4, 0.5) is 0 Å². The molecule has 2 aliphatic rings.